The molecule has 1 unspecified atom stereocenters. The van der Waals surface area contributed by atoms with Crippen molar-refractivity contribution in [3.05, 3.63) is 27.7 Å². The summed E-state index contributed by atoms with van der Waals surface area (Å²) in [6.07, 6.45) is 0.0979. The van der Waals surface area contributed by atoms with Crippen molar-refractivity contribution in [3.63, 3.8) is 0 Å². The topological polar surface area (TPSA) is 72.5 Å². The summed E-state index contributed by atoms with van der Waals surface area (Å²) in [5, 5.41) is 10.2. The third-order valence-corrected chi connectivity index (χ3v) is 2.71. The number of benzene rings is 1. The van der Waals surface area contributed by atoms with Gasteiger partial charge in [-0.3, -0.25) is 4.79 Å². The molecule has 0 radical (unpaired) electrons. The van der Waals surface area contributed by atoms with Gasteiger partial charge in [0.15, 0.2) is 0 Å². The van der Waals surface area contributed by atoms with Crippen molar-refractivity contribution in [2.45, 2.75) is 19.4 Å². The van der Waals surface area contributed by atoms with Gasteiger partial charge in [-0.15, -0.1) is 0 Å². The Kier molecular flexibility index (Phi) is 5.05. The quantitative estimate of drug-likeness (QED) is 0.827. The van der Waals surface area contributed by atoms with Gasteiger partial charge in [0.25, 0.3) is 0 Å². The highest BCUT2D eigenvalue weighted by atomic mass is 35.5. The molecule has 0 saturated carbocycles. The van der Waals surface area contributed by atoms with Gasteiger partial charge < -0.3 is 15.6 Å². The van der Waals surface area contributed by atoms with Crippen LogP contribution in [0.15, 0.2) is 12.1 Å². The second-order valence-corrected chi connectivity index (χ2v) is 4.29. The van der Waals surface area contributed by atoms with Crippen molar-refractivity contribution in [2.24, 2.45) is 5.73 Å². The van der Waals surface area contributed by atoms with E-state index in [2.05, 4.69) is 0 Å². The lowest BCUT2D eigenvalue weighted by Crippen LogP contribution is -2.34. The highest BCUT2D eigenvalue weighted by Crippen LogP contribution is 2.30. The first kappa shape index (κ1) is 14.1. The maximum Gasteiger partial charge on any atom is 0.323 e. The SMILES string of the molecule is CCOC(=O)C(N)Cc1c(O)cc(Cl)cc1Cl. The van der Waals surface area contributed by atoms with E-state index in [0.717, 1.165) is 0 Å². The Balaban J connectivity index is 2.85. The van der Waals surface area contributed by atoms with Crippen LogP contribution in [0.5, 0.6) is 5.75 Å². The van der Waals surface area contributed by atoms with E-state index in [4.69, 9.17) is 33.7 Å². The van der Waals surface area contributed by atoms with Gasteiger partial charge in [-0.25, -0.2) is 0 Å². The molecular formula is C11H13Cl2NO3. The lowest BCUT2D eigenvalue weighted by Gasteiger charge is -2.13. The molecule has 0 aliphatic heterocycles. The Morgan fingerprint density at radius 2 is 2.18 bits per heavy atom. The molecule has 0 aliphatic carbocycles. The molecule has 1 aromatic carbocycles. The number of hydrogen-bond acceptors (Lipinski definition) is 4. The molecule has 4 nitrogen and oxygen atoms in total. The van der Waals surface area contributed by atoms with Crippen molar-refractivity contribution in [2.75, 3.05) is 6.61 Å². The second-order valence-electron chi connectivity index (χ2n) is 3.45. The number of aromatic hydroxyl groups is 1. The van der Waals surface area contributed by atoms with Crippen LogP contribution in [0.2, 0.25) is 10.0 Å². The summed E-state index contributed by atoms with van der Waals surface area (Å²) in [6.45, 7) is 1.95. The molecule has 0 fully saturated rings. The van der Waals surface area contributed by atoms with Crippen LogP contribution in [-0.2, 0) is 16.0 Å². The van der Waals surface area contributed by atoms with Crippen molar-refractivity contribution >= 4 is 29.2 Å². The smallest absolute Gasteiger partial charge is 0.323 e. The van der Waals surface area contributed by atoms with Gasteiger partial charge in [-0.1, -0.05) is 23.2 Å². The van der Waals surface area contributed by atoms with Crippen LogP contribution in [0.25, 0.3) is 0 Å². The van der Waals surface area contributed by atoms with Gasteiger partial charge in [0.2, 0.25) is 0 Å². The molecule has 1 atom stereocenters. The molecule has 1 aromatic rings. The molecule has 0 bridgehead atoms. The van der Waals surface area contributed by atoms with Gasteiger partial charge in [0.05, 0.1) is 6.61 Å². The fourth-order valence-corrected chi connectivity index (χ4v) is 1.90. The van der Waals surface area contributed by atoms with Gasteiger partial charge in [0.1, 0.15) is 11.8 Å². The average Bonchev–Trinajstić information content (AvgIpc) is 2.23. The Labute approximate surface area is 109 Å². The van der Waals surface area contributed by atoms with Gasteiger partial charge in [0, 0.05) is 22.0 Å². The Bertz CT molecular complexity index is 400. The van der Waals surface area contributed by atoms with E-state index in [0.29, 0.717) is 10.6 Å². The van der Waals surface area contributed by atoms with E-state index in [1.54, 1.807) is 6.92 Å². The molecule has 6 heteroatoms. The number of ether oxygens (including phenoxy) is 1. The summed E-state index contributed by atoms with van der Waals surface area (Å²) in [5.74, 6) is -0.611. The minimum Gasteiger partial charge on any atom is -0.508 e. The summed E-state index contributed by atoms with van der Waals surface area (Å²) in [6, 6.07) is 1.97. The molecule has 0 amide bonds. The maximum absolute atomic E-state index is 11.3. The van der Waals surface area contributed by atoms with Crippen LogP contribution in [0, 0.1) is 0 Å². The summed E-state index contributed by atoms with van der Waals surface area (Å²) in [5.41, 5.74) is 6.02. The summed E-state index contributed by atoms with van der Waals surface area (Å²) >= 11 is 11.6. The predicted octanol–water partition coefficient (Wildman–Crippen LogP) is 2.13. The number of nitrogens with two attached hydrogens (primary N) is 1. The van der Waals surface area contributed by atoms with Crippen molar-refractivity contribution in [3.8, 4) is 5.75 Å². The highest BCUT2D eigenvalue weighted by Gasteiger charge is 2.19. The standard InChI is InChI=1S/C11H13Cl2NO3/c1-2-17-11(16)9(14)5-7-8(13)3-6(12)4-10(7)15/h3-4,9,15H,2,5,14H2,1H3. The van der Waals surface area contributed by atoms with Crippen molar-refractivity contribution in [1.29, 1.82) is 0 Å². The molecular weight excluding hydrogens is 265 g/mol. The van der Waals surface area contributed by atoms with Crippen molar-refractivity contribution in [1.82, 2.24) is 0 Å². The van der Waals surface area contributed by atoms with Gasteiger partial charge >= 0.3 is 5.97 Å². The first-order valence-electron chi connectivity index (χ1n) is 5.04. The zero-order chi connectivity index (χ0) is 13.0. The van der Waals surface area contributed by atoms with E-state index >= 15 is 0 Å². The van der Waals surface area contributed by atoms with E-state index in [-0.39, 0.29) is 23.8 Å². The maximum atomic E-state index is 11.3. The Hall–Kier alpha value is -0.970. The van der Waals surface area contributed by atoms with Crippen LogP contribution in [0.3, 0.4) is 0 Å². The average molecular weight is 278 g/mol. The third-order valence-electron chi connectivity index (χ3n) is 2.15. The first-order chi connectivity index (χ1) is 7.95. The van der Waals surface area contributed by atoms with E-state index in [1.807, 2.05) is 0 Å². The van der Waals surface area contributed by atoms with E-state index in [1.165, 1.54) is 12.1 Å². The lowest BCUT2D eigenvalue weighted by atomic mass is 10.1. The van der Waals surface area contributed by atoms with Gasteiger partial charge in [-0.2, -0.15) is 0 Å². The third kappa shape index (κ3) is 3.77. The van der Waals surface area contributed by atoms with E-state index < -0.39 is 12.0 Å². The zero-order valence-corrected chi connectivity index (χ0v) is 10.8. The molecule has 0 aliphatic rings. The number of carbonyl (C=O) groups is 1. The number of rotatable bonds is 4. The van der Waals surface area contributed by atoms with Crippen LogP contribution in [-0.4, -0.2) is 23.7 Å². The zero-order valence-electron chi connectivity index (χ0n) is 9.24. The number of phenols is 1. The lowest BCUT2D eigenvalue weighted by molar-refractivity contribution is -0.144. The summed E-state index contributed by atoms with van der Waals surface area (Å²) in [4.78, 5) is 11.3. The largest absolute Gasteiger partial charge is 0.508 e. The minimum absolute atomic E-state index is 0.0813. The molecule has 17 heavy (non-hydrogen) atoms. The number of halogens is 2. The fourth-order valence-electron chi connectivity index (χ4n) is 1.34. The molecule has 0 spiro atoms. The predicted molar refractivity (Wildman–Crippen MR) is 66.4 cm³/mol. The molecule has 94 valence electrons. The molecule has 0 aromatic heterocycles. The van der Waals surface area contributed by atoms with Crippen LogP contribution < -0.4 is 5.73 Å². The number of phenolic OH excluding ortho intramolecular Hbond substituents is 1. The molecule has 1 rings (SSSR count). The Morgan fingerprint density at radius 3 is 2.71 bits per heavy atom. The van der Waals surface area contributed by atoms with Crippen molar-refractivity contribution < 1.29 is 14.6 Å². The fraction of sp³-hybridized carbons (Fsp3) is 0.364. The molecule has 3 N–H and O–H groups in total. The van der Waals surface area contributed by atoms with Crippen LogP contribution in [0.1, 0.15) is 12.5 Å². The normalized spacial score (nSPS) is 12.2. The second kappa shape index (κ2) is 6.10. The number of hydrogen-bond donors (Lipinski definition) is 2. The monoisotopic (exact) mass is 277 g/mol. The van der Waals surface area contributed by atoms with Crippen LogP contribution in [0.4, 0.5) is 0 Å². The number of esters is 1. The Morgan fingerprint density at radius 1 is 1.53 bits per heavy atom. The first-order valence-corrected chi connectivity index (χ1v) is 5.80. The summed E-state index contributed by atoms with van der Waals surface area (Å²) < 4.78 is 4.76. The van der Waals surface area contributed by atoms with E-state index in [9.17, 15) is 9.90 Å². The number of carbonyl (C=O) groups excluding carboxylic acids is 1. The summed E-state index contributed by atoms with van der Waals surface area (Å²) in [7, 11) is 0. The van der Waals surface area contributed by atoms with Crippen LogP contribution >= 0.6 is 23.2 Å². The van der Waals surface area contributed by atoms with Gasteiger partial charge in [-0.05, 0) is 19.1 Å². The molecule has 0 saturated heterocycles. The molecule has 0 heterocycles. The minimum atomic E-state index is -0.862. The highest BCUT2D eigenvalue weighted by molar-refractivity contribution is 6.35.